The number of hydrogen-bond acceptors (Lipinski definition) is 4. The summed E-state index contributed by atoms with van der Waals surface area (Å²) in [5, 5.41) is 2.38. The Hall–Kier alpha value is -4.77. The van der Waals surface area contributed by atoms with Crippen molar-refractivity contribution in [2.24, 2.45) is 0 Å². The van der Waals surface area contributed by atoms with Crippen LogP contribution in [0.15, 0.2) is 115 Å². The summed E-state index contributed by atoms with van der Waals surface area (Å²) in [5.41, 5.74) is 5.65. The van der Waals surface area contributed by atoms with E-state index < -0.39 is 0 Å². The highest BCUT2D eigenvalue weighted by molar-refractivity contribution is 6.09. The van der Waals surface area contributed by atoms with Crippen molar-refractivity contribution in [2.75, 3.05) is 13.6 Å². The average Bonchev–Trinajstić information content (AvgIpc) is 3.43. The maximum Gasteiger partial charge on any atom is 0.137 e. The topological polar surface area (TPSA) is 33.5 Å². The van der Waals surface area contributed by atoms with Gasteiger partial charge in [0, 0.05) is 48.4 Å². The van der Waals surface area contributed by atoms with E-state index >= 15 is 0 Å². The van der Waals surface area contributed by atoms with E-state index in [0.717, 1.165) is 46.2 Å². The van der Waals surface area contributed by atoms with E-state index in [4.69, 9.17) is 4.74 Å². The Morgan fingerprint density at radius 2 is 1.70 bits per heavy atom. The summed E-state index contributed by atoms with van der Waals surface area (Å²) in [7, 11) is 2.11. The zero-order valence-corrected chi connectivity index (χ0v) is 20.8. The summed E-state index contributed by atoms with van der Waals surface area (Å²) in [5.74, 6) is 3.69. The van der Waals surface area contributed by atoms with E-state index in [2.05, 4.69) is 118 Å². The second-order valence-corrected chi connectivity index (χ2v) is 9.53. The molecule has 0 spiro atoms. The smallest absolute Gasteiger partial charge is 0.137 e. The molecule has 3 aromatic carbocycles. The number of allylic oxidation sites excluding steroid dienone is 2. The first-order valence-electron chi connectivity index (χ1n) is 12.5. The third-order valence-corrected chi connectivity index (χ3v) is 7.10. The van der Waals surface area contributed by atoms with Crippen molar-refractivity contribution in [3.05, 3.63) is 126 Å². The molecule has 0 radical (unpaired) electrons. The number of rotatable bonds is 4. The minimum atomic E-state index is 0.791. The summed E-state index contributed by atoms with van der Waals surface area (Å²) in [6.07, 6.45) is 10.5. The fourth-order valence-corrected chi connectivity index (χ4v) is 5.33. The zero-order chi connectivity index (χ0) is 24.9. The lowest BCUT2D eigenvalue weighted by Gasteiger charge is -2.24. The Morgan fingerprint density at radius 3 is 2.59 bits per heavy atom. The van der Waals surface area contributed by atoms with Gasteiger partial charge in [-0.15, -0.1) is 0 Å². The van der Waals surface area contributed by atoms with Gasteiger partial charge in [0.05, 0.1) is 16.7 Å². The van der Waals surface area contributed by atoms with Crippen LogP contribution in [0.5, 0.6) is 11.5 Å². The number of aromatic nitrogens is 2. The Labute approximate surface area is 215 Å². The van der Waals surface area contributed by atoms with Crippen LogP contribution in [0.4, 0.5) is 0 Å². The van der Waals surface area contributed by atoms with Gasteiger partial charge in [-0.2, -0.15) is 0 Å². The molecule has 0 fully saturated rings. The summed E-state index contributed by atoms with van der Waals surface area (Å²) in [6.45, 7) is 2.98. The molecule has 7 rings (SSSR count). The normalized spacial score (nSPS) is 14.8. The van der Waals surface area contributed by atoms with Crippen molar-refractivity contribution in [1.29, 1.82) is 0 Å². The molecule has 0 bridgehead atoms. The Balaban J connectivity index is 1.28. The fourth-order valence-electron chi connectivity index (χ4n) is 5.33. The highest BCUT2D eigenvalue weighted by Crippen LogP contribution is 2.37. The third-order valence-electron chi connectivity index (χ3n) is 7.10. The molecule has 180 valence electrons. The second-order valence-electron chi connectivity index (χ2n) is 9.53. The minimum absolute atomic E-state index is 0.791. The van der Waals surface area contributed by atoms with E-state index in [9.17, 15) is 0 Å². The van der Waals surface area contributed by atoms with Crippen LogP contribution >= 0.6 is 0 Å². The number of ether oxygens (including phenoxy) is 1. The van der Waals surface area contributed by atoms with Crippen LogP contribution in [0.25, 0.3) is 33.3 Å². The number of hydrogen-bond donors (Lipinski definition) is 0. The maximum atomic E-state index is 6.43. The van der Waals surface area contributed by atoms with Crippen molar-refractivity contribution in [3.63, 3.8) is 0 Å². The lowest BCUT2D eigenvalue weighted by atomic mass is 10.1. The lowest BCUT2D eigenvalue weighted by molar-refractivity contribution is 0.422. The van der Waals surface area contributed by atoms with Crippen LogP contribution in [0.3, 0.4) is 0 Å². The fraction of sp³-hybridized carbons (Fsp3) is 0.0938. The van der Waals surface area contributed by atoms with Gasteiger partial charge in [0.15, 0.2) is 0 Å². The zero-order valence-electron chi connectivity index (χ0n) is 20.8. The van der Waals surface area contributed by atoms with Crippen LogP contribution in [-0.2, 0) is 0 Å². The number of aryl methyl sites for hydroxylation is 1. The van der Waals surface area contributed by atoms with Gasteiger partial charge in [-0.3, -0.25) is 4.57 Å². The molecule has 0 N–H and O–H groups in total. The third kappa shape index (κ3) is 3.59. The number of para-hydroxylation sites is 1. The Morgan fingerprint density at radius 1 is 0.838 bits per heavy atom. The average molecular weight is 483 g/mol. The largest absolute Gasteiger partial charge is 0.457 e. The molecule has 2 aromatic heterocycles. The van der Waals surface area contributed by atoms with Gasteiger partial charge in [0.1, 0.15) is 23.1 Å². The lowest BCUT2D eigenvalue weighted by Crippen LogP contribution is -2.22. The van der Waals surface area contributed by atoms with E-state index in [0.29, 0.717) is 0 Å². The second kappa shape index (κ2) is 8.42. The van der Waals surface area contributed by atoms with Crippen molar-refractivity contribution >= 4 is 27.5 Å². The number of nitrogens with zero attached hydrogens (tertiary/aromatic N) is 4. The summed E-state index contributed by atoms with van der Waals surface area (Å²) in [6, 6.07) is 27.2. The van der Waals surface area contributed by atoms with Gasteiger partial charge in [0.2, 0.25) is 0 Å². The van der Waals surface area contributed by atoms with Crippen LogP contribution in [0.2, 0.25) is 0 Å². The highest BCUT2D eigenvalue weighted by atomic mass is 16.5. The molecule has 2 aliphatic heterocycles. The first kappa shape index (κ1) is 21.5. The SMILES string of the molecule is Cc1ccnc(-n2c3ccccc3c3ccc(Oc4cccc(C5=CN6CC=CC=C6N5C)c4)cc32)c1. The van der Waals surface area contributed by atoms with Crippen LogP contribution in [0.1, 0.15) is 11.1 Å². The van der Waals surface area contributed by atoms with E-state index in [1.54, 1.807) is 0 Å². The van der Waals surface area contributed by atoms with Gasteiger partial charge < -0.3 is 14.5 Å². The molecule has 0 amide bonds. The molecular formula is C32H26N4O. The predicted octanol–water partition coefficient (Wildman–Crippen LogP) is 7.24. The Bertz CT molecular complexity index is 1770. The van der Waals surface area contributed by atoms with Crippen molar-refractivity contribution in [3.8, 4) is 17.3 Å². The molecule has 2 aliphatic rings. The molecule has 5 nitrogen and oxygen atoms in total. The molecule has 5 aromatic rings. The predicted molar refractivity (Wildman–Crippen MR) is 149 cm³/mol. The van der Waals surface area contributed by atoms with Gasteiger partial charge in [-0.05, 0) is 61.0 Å². The van der Waals surface area contributed by atoms with Gasteiger partial charge in [0.25, 0.3) is 0 Å². The van der Waals surface area contributed by atoms with Crippen molar-refractivity contribution in [1.82, 2.24) is 19.4 Å². The molecule has 4 heterocycles. The van der Waals surface area contributed by atoms with Crippen molar-refractivity contribution < 1.29 is 4.74 Å². The molecule has 0 unspecified atom stereocenters. The summed E-state index contributed by atoms with van der Waals surface area (Å²) < 4.78 is 8.65. The first-order valence-corrected chi connectivity index (χ1v) is 12.5. The molecule has 0 aliphatic carbocycles. The van der Waals surface area contributed by atoms with E-state index in [1.165, 1.54) is 22.2 Å². The van der Waals surface area contributed by atoms with Gasteiger partial charge in [-0.1, -0.05) is 42.5 Å². The standard InChI is InChI=1S/C32H26N4O/c1-22-15-16-33-31(18-22)36-28-11-4-3-10-26(28)27-14-13-25(20-29(27)36)37-24-9-7-8-23(19-24)30-21-35-17-6-5-12-32(35)34(30)2/h3-16,18-21H,17H2,1-2H3. The Kier molecular flexibility index (Phi) is 4.89. The van der Waals surface area contributed by atoms with E-state index in [-0.39, 0.29) is 0 Å². The molecule has 0 atom stereocenters. The van der Waals surface area contributed by atoms with Crippen LogP contribution < -0.4 is 4.74 Å². The van der Waals surface area contributed by atoms with Crippen LogP contribution in [-0.4, -0.2) is 32.9 Å². The quantitative estimate of drug-likeness (QED) is 0.270. The monoisotopic (exact) mass is 482 g/mol. The number of pyridine rings is 1. The van der Waals surface area contributed by atoms with Crippen molar-refractivity contribution in [2.45, 2.75) is 6.92 Å². The molecule has 0 saturated carbocycles. The summed E-state index contributed by atoms with van der Waals surface area (Å²) in [4.78, 5) is 9.17. The molecular weight excluding hydrogens is 456 g/mol. The molecule has 37 heavy (non-hydrogen) atoms. The molecule has 0 saturated heterocycles. The maximum absolute atomic E-state index is 6.43. The van der Waals surface area contributed by atoms with Gasteiger partial charge in [-0.25, -0.2) is 4.98 Å². The summed E-state index contributed by atoms with van der Waals surface area (Å²) >= 11 is 0. The first-order chi connectivity index (χ1) is 18.2. The molecule has 5 heteroatoms. The van der Waals surface area contributed by atoms with E-state index in [1.807, 2.05) is 24.4 Å². The van der Waals surface area contributed by atoms with Gasteiger partial charge >= 0.3 is 0 Å². The highest BCUT2D eigenvalue weighted by Gasteiger charge is 2.25. The number of fused-ring (bicyclic) bond motifs is 4. The van der Waals surface area contributed by atoms with Crippen LogP contribution in [0, 0.1) is 6.92 Å². The number of benzene rings is 3. The minimum Gasteiger partial charge on any atom is -0.457 e.